The zero-order chi connectivity index (χ0) is 10.4. The first kappa shape index (κ1) is 11.6. The molecule has 0 atom stereocenters. The molecular formula is C10H18N2OS. The van der Waals surface area contributed by atoms with E-state index in [9.17, 15) is 0 Å². The molecule has 1 heterocycles. The number of nitrogens with two attached hydrogens (primary N) is 1. The lowest BCUT2D eigenvalue weighted by molar-refractivity contribution is 0.151. The zero-order valence-electron chi connectivity index (χ0n) is 8.88. The first-order chi connectivity index (χ1) is 6.77. The minimum Gasteiger partial charge on any atom is -0.381 e. The van der Waals surface area contributed by atoms with Crippen LogP contribution in [0.2, 0.25) is 0 Å². The van der Waals surface area contributed by atoms with Gasteiger partial charge in [0.25, 0.3) is 0 Å². The molecule has 0 aliphatic rings. The SMILES string of the molecule is CCOCCc1nc(C)c(CCN)s1. The third-order valence-corrected chi connectivity index (χ3v) is 3.25. The summed E-state index contributed by atoms with van der Waals surface area (Å²) in [6.45, 7) is 6.30. The molecular weight excluding hydrogens is 196 g/mol. The predicted octanol–water partition coefficient (Wildman–Crippen LogP) is 1.53. The van der Waals surface area contributed by atoms with Crippen LogP contribution in [0.1, 0.15) is 22.5 Å². The van der Waals surface area contributed by atoms with Gasteiger partial charge >= 0.3 is 0 Å². The maximum absolute atomic E-state index is 5.51. The molecule has 0 fully saturated rings. The van der Waals surface area contributed by atoms with Gasteiger partial charge in [-0.1, -0.05) is 0 Å². The van der Waals surface area contributed by atoms with Crippen molar-refractivity contribution < 1.29 is 4.74 Å². The van der Waals surface area contributed by atoms with Gasteiger partial charge in [-0.25, -0.2) is 4.98 Å². The smallest absolute Gasteiger partial charge is 0.0953 e. The van der Waals surface area contributed by atoms with Crippen molar-refractivity contribution in [1.29, 1.82) is 0 Å². The van der Waals surface area contributed by atoms with Gasteiger partial charge in [0.05, 0.1) is 17.3 Å². The fourth-order valence-corrected chi connectivity index (χ4v) is 2.33. The fraction of sp³-hybridized carbons (Fsp3) is 0.700. The number of ether oxygens (including phenoxy) is 1. The van der Waals surface area contributed by atoms with Gasteiger partial charge in [-0.2, -0.15) is 0 Å². The minimum atomic E-state index is 0.702. The second-order valence-corrected chi connectivity index (χ2v) is 4.27. The molecule has 2 N–H and O–H groups in total. The van der Waals surface area contributed by atoms with Gasteiger partial charge in [0.2, 0.25) is 0 Å². The first-order valence-corrected chi connectivity index (χ1v) is 5.82. The molecule has 1 aromatic heterocycles. The first-order valence-electron chi connectivity index (χ1n) is 5.01. The van der Waals surface area contributed by atoms with Crippen molar-refractivity contribution in [3.63, 3.8) is 0 Å². The Balaban J connectivity index is 2.48. The lowest BCUT2D eigenvalue weighted by Gasteiger charge is -1.96. The summed E-state index contributed by atoms with van der Waals surface area (Å²) in [6.07, 6.45) is 1.86. The third-order valence-electron chi connectivity index (χ3n) is 1.97. The van der Waals surface area contributed by atoms with Crippen molar-refractivity contribution in [2.24, 2.45) is 5.73 Å². The van der Waals surface area contributed by atoms with Crippen LogP contribution in [0.3, 0.4) is 0 Å². The number of thiazole rings is 1. The van der Waals surface area contributed by atoms with E-state index in [4.69, 9.17) is 10.5 Å². The Morgan fingerprint density at radius 1 is 1.43 bits per heavy atom. The average Bonchev–Trinajstić information content (AvgIpc) is 2.49. The van der Waals surface area contributed by atoms with Crippen LogP contribution in [0.15, 0.2) is 0 Å². The summed E-state index contributed by atoms with van der Waals surface area (Å²) < 4.78 is 5.29. The molecule has 4 heteroatoms. The van der Waals surface area contributed by atoms with Gasteiger partial charge in [0, 0.05) is 17.9 Å². The average molecular weight is 214 g/mol. The number of aromatic nitrogens is 1. The molecule has 0 aliphatic heterocycles. The van der Waals surface area contributed by atoms with E-state index in [-0.39, 0.29) is 0 Å². The third kappa shape index (κ3) is 3.36. The molecule has 1 aromatic rings. The maximum atomic E-state index is 5.51. The largest absolute Gasteiger partial charge is 0.381 e. The lowest BCUT2D eigenvalue weighted by Crippen LogP contribution is -2.01. The molecule has 0 spiro atoms. The number of nitrogens with zero attached hydrogens (tertiary/aromatic N) is 1. The summed E-state index contributed by atoms with van der Waals surface area (Å²) in [4.78, 5) is 5.80. The van der Waals surface area contributed by atoms with Crippen molar-refractivity contribution in [2.75, 3.05) is 19.8 Å². The van der Waals surface area contributed by atoms with Crippen LogP contribution in [-0.2, 0) is 17.6 Å². The highest BCUT2D eigenvalue weighted by molar-refractivity contribution is 7.11. The second kappa shape index (κ2) is 6.11. The highest BCUT2D eigenvalue weighted by atomic mass is 32.1. The summed E-state index contributed by atoms with van der Waals surface area (Å²) in [5.74, 6) is 0. The number of hydrogen-bond donors (Lipinski definition) is 1. The molecule has 0 saturated heterocycles. The molecule has 0 aliphatic carbocycles. The lowest BCUT2D eigenvalue weighted by atomic mass is 10.3. The van der Waals surface area contributed by atoms with Crippen molar-refractivity contribution >= 4 is 11.3 Å². The van der Waals surface area contributed by atoms with E-state index in [0.717, 1.165) is 31.7 Å². The Kier molecular flexibility index (Phi) is 5.07. The molecule has 0 aromatic carbocycles. The summed E-state index contributed by atoms with van der Waals surface area (Å²) in [6, 6.07) is 0. The molecule has 1 rings (SSSR count). The van der Waals surface area contributed by atoms with E-state index in [1.165, 1.54) is 9.88 Å². The maximum Gasteiger partial charge on any atom is 0.0953 e. The van der Waals surface area contributed by atoms with Gasteiger partial charge in [0.1, 0.15) is 0 Å². The topological polar surface area (TPSA) is 48.1 Å². The highest BCUT2D eigenvalue weighted by Crippen LogP contribution is 2.18. The zero-order valence-corrected chi connectivity index (χ0v) is 9.69. The Morgan fingerprint density at radius 2 is 2.21 bits per heavy atom. The monoisotopic (exact) mass is 214 g/mol. The van der Waals surface area contributed by atoms with Crippen LogP contribution in [0.25, 0.3) is 0 Å². The van der Waals surface area contributed by atoms with Crippen LogP contribution in [0, 0.1) is 6.92 Å². The molecule has 0 amide bonds. The number of rotatable bonds is 6. The summed E-state index contributed by atoms with van der Waals surface area (Å²) in [5, 5.41) is 1.17. The quantitative estimate of drug-likeness (QED) is 0.731. The van der Waals surface area contributed by atoms with E-state index < -0.39 is 0 Å². The van der Waals surface area contributed by atoms with Gasteiger partial charge in [-0.3, -0.25) is 0 Å². The van der Waals surface area contributed by atoms with E-state index in [1.54, 1.807) is 11.3 Å². The normalized spacial score (nSPS) is 10.8. The highest BCUT2D eigenvalue weighted by Gasteiger charge is 2.06. The Hall–Kier alpha value is -0.450. The fourth-order valence-electron chi connectivity index (χ4n) is 1.26. The van der Waals surface area contributed by atoms with Crippen molar-refractivity contribution in [3.05, 3.63) is 15.6 Å². The van der Waals surface area contributed by atoms with Crippen molar-refractivity contribution in [3.8, 4) is 0 Å². The summed E-state index contributed by atoms with van der Waals surface area (Å²) in [5.41, 5.74) is 6.65. The van der Waals surface area contributed by atoms with Gasteiger partial charge < -0.3 is 10.5 Å². The van der Waals surface area contributed by atoms with E-state index in [1.807, 2.05) is 13.8 Å². The second-order valence-electron chi connectivity index (χ2n) is 3.10. The molecule has 0 saturated carbocycles. The van der Waals surface area contributed by atoms with Crippen molar-refractivity contribution in [2.45, 2.75) is 26.7 Å². The summed E-state index contributed by atoms with van der Waals surface area (Å²) in [7, 11) is 0. The molecule has 14 heavy (non-hydrogen) atoms. The van der Waals surface area contributed by atoms with E-state index >= 15 is 0 Å². The van der Waals surface area contributed by atoms with Gasteiger partial charge in [0.15, 0.2) is 0 Å². The van der Waals surface area contributed by atoms with Crippen LogP contribution in [-0.4, -0.2) is 24.7 Å². The summed E-state index contributed by atoms with van der Waals surface area (Å²) >= 11 is 1.76. The number of aryl methyl sites for hydroxylation is 1. The molecule has 0 bridgehead atoms. The van der Waals surface area contributed by atoms with Gasteiger partial charge in [-0.05, 0) is 26.8 Å². The van der Waals surface area contributed by atoms with Crippen molar-refractivity contribution in [1.82, 2.24) is 4.98 Å². The van der Waals surface area contributed by atoms with Gasteiger partial charge in [-0.15, -0.1) is 11.3 Å². The predicted molar refractivity (Wildman–Crippen MR) is 59.8 cm³/mol. The van der Waals surface area contributed by atoms with Crippen LogP contribution < -0.4 is 5.73 Å². The molecule has 0 unspecified atom stereocenters. The Morgan fingerprint density at radius 3 is 2.86 bits per heavy atom. The molecule has 0 radical (unpaired) electrons. The standard InChI is InChI=1S/C10H18N2OS/c1-3-13-7-5-10-12-8(2)9(14-10)4-6-11/h3-7,11H2,1-2H3. The minimum absolute atomic E-state index is 0.702. The van der Waals surface area contributed by atoms with Crippen LogP contribution in [0.5, 0.6) is 0 Å². The van der Waals surface area contributed by atoms with Crippen LogP contribution >= 0.6 is 11.3 Å². The molecule has 80 valence electrons. The number of hydrogen-bond acceptors (Lipinski definition) is 4. The molecule has 3 nitrogen and oxygen atoms in total. The Labute approximate surface area is 89.3 Å². The van der Waals surface area contributed by atoms with E-state index in [0.29, 0.717) is 6.54 Å². The Bertz CT molecular complexity index is 273. The van der Waals surface area contributed by atoms with Crippen LogP contribution in [0.4, 0.5) is 0 Å². The van der Waals surface area contributed by atoms with E-state index in [2.05, 4.69) is 4.98 Å².